The molecule has 0 fully saturated rings. The SMILES string of the molecule is COc1cc(OCc2ccccc2F)cc(C(N)=S)c1. The zero-order valence-corrected chi connectivity index (χ0v) is 11.7. The maximum absolute atomic E-state index is 13.5. The highest BCUT2D eigenvalue weighted by molar-refractivity contribution is 7.80. The van der Waals surface area contributed by atoms with Crippen LogP contribution < -0.4 is 15.2 Å². The van der Waals surface area contributed by atoms with E-state index in [1.807, 2.05) is 0 Å². The number of ether oxygens (including phenoxy) is 2. The van der Waals surface area contributed by atoms with Crippen LogP contribution in [0.4, 0.5) is 4.39 Å². The van der Waals surface area contributed by atoms with Crippen LogP contribution in [0.25, 0.3) is 0 Å². The predicted molar refractivity (Wildman–Crippen MR) is 79.6 cm³/mol. The average Bonchev–Trinajstić information content (AvgIpc) is 2.46. The molecular weight excluding hydrogens is 277 g/mol. The Morgan fingerprint density at radius 3 is 2.55 bits per heavy atom. The predicted octanol–water partition coefficient (Wildman–Crippen LogP) is 3.05. The number of rotatable bonds is 5. The lowest BCUT2D eigenvalue weighted by molar-refractivity contribution is 0.297. The minimum Gasteiger partial charge on any atom is -0.497 e. The molecule has 20 heavy (non-hydrogen) atoms. The van der Waals surface area contributed by atoms with Gasteiger partial charge in [0.05, 0.1) is 7.11 Å². The number of hydrogen-bond acceptors (Lipinski definition) is 3. The minimum atomic E-state index is -0.301. The fourth-order valence-corrected chi connectivity index (χ4v) is 1.81. The van der Waals surface area contributed by atoms with Gasteiger partial charge in [-0.1, -0.05) is 30.4 Å². The summed E-state index contributed by atoms with van der Waals surface area (Å²) in [4.78, 5) is 0.250. The van der Waals surface area contributed by atoms with Crippen molar-refractivity contribution in [1.82, 2.24) is 0 Å². The molecule has 2 aromatic rings. The first kappa shape index (κ1) is 14.3. The first-order valence-corrected chi connectivity index (χ1v) is 6.36. The molecule has 0 aliphatic carbocycles. The summed E-state index contributed by atoms with van der Waals surface area (Å²) < 4.78 is 24.2. The standard InChI is InChI=1S/C15H14FNO2S/c1-18-12-6-11(15(17)20)7-13(8-12)19-9-10-4-2-3-5-14(10)16/h2-8H,9H2,1H3,(H2,17,20). The van der Waals surface area contributed by atoms with Crippen LogP contribution in [-0.2, 0) is 6.61 Å². The third-order valence-corrected chi connectivity index (χ3v) is 2.99. The monoisotopic (exact) mass is 291 g/mol. The molecule has 5 heteroatoms. The molecular formula is C15H14FNO2S. The molecule has 0 radical (unpaired) electrons. The van der Waals surface area contributed by atoms with Crippen molar-refractivity contribution in [2.24, 2.45) is 5.73 Å². The second kappa shape index (κ2) is 6.34. The second-order valence-electron chi connectivity index (χ2n) is 4.14. The van der Waals surface area contributed by atoms with Crippen LogP contribution in [0.5, 0.6) is 11.5 Å². The van der Waals surface area contributed by atoms with Gasteiger partial charge in [0.15, 0.2) is 0 Å². The number of thiocarbonyl (C=S) groups is 1. The molecule has 2 aromatic carbocycles. The average molecular weight is 291 g/mol. The van der Waals surface area contributed by atoms with Gasteiger partial charge in [0, 0.05) is 17.2 Å². The van der Waals surface area contributed by atoms with Gasteiger partial charge in [0.25, 0.3) is 0 Å². The van der Waals surface area contributed by atoms with E-state index < -0.39 is 0 Å². The molecule has 104 valence electrons. The largest absolute Gasteiger partial charge is 0.497 e. The zero-order chi connectivity index (χ0) is 14.5. The number of halogens is 1. The van der Waals surface area contributed by atoms with Crippen LogP contribution in [0.3, 0.4) is 0 Å². The molecule has 0 aliphatic heterocycles. The van der Waals surface area contributed by atoms with Crippen LogP contribution in [0.15, 0.2) is 42.5 Å². The van der Waals surface area contributed by atoms with Crippen molar-refractivity contribution in [2.45, 2.75) is 6.61 Å². The Bertz CT molecular complexity index is 631. The molecule has 0 heterocycles. The van der Waals surface area contributed by atoms with Gasteiger partial charge < -0.3 is 15.2 Å². The molecule has 0 aromatic heterocycles. The van der Waals surface area contributed by atoms with Crippen molar-refractivity contribution < 1.29 is 13.9 Å². The van der Waals surface area contributed by atoms with Gasteiger partial charge in [-0.2, -0.15) is 0 Å². The first-order chi connectivity index (χ1) is 9.60. The summed E-state index contributed by atoms with van der Waals surface area (Å²) in [5.41, 5.74) is 6.72. The molecule has 2 rings (SSSR count). The maximum atomic E-state index is 13.5. The molecule has 0 saturated heterocycles. The Labute approximate surface area is 122 Å². The molecule has 0 atom stereocenters. The summed E-state index contributed by atoms with van der Waals surface area (Å²) >= 11 is 4.93. The van der Waals surface area contributed by atoms with Crippen molar-refractivity contribution >= 4 is 17.2 Å². The molecule has 0 aliphatic rings. The lowest BCUT2D eigenvalue weighted by atomic mass is 10.2. The van der Waals surface area contributed by atoms with Gasteiger partial charge in [-0.3, -0.25) is 0 Å². The second-order valence-corrected chi connectivity index (χ2v) is 4.58. The summed E-state index contributed by atoms with van der Waals surface area (Å²) in [6.07, 6.45) is 0. The molecule has 0 saturated carbocycles. The van der Waals surface area contributed by atoms with Crippen molar-refractivity contribution in [3.05, 3.63) is 59.4 Å². The first-order valence-electron chi connectivity index (χ1n) is 5.95. The molecule has 0 bridgehead atoms. The molecule has 2 N–H and O–H groups in total. The lowest BCUT2D eigenvalue weighted by Crippen LogP contribution is -2.10. The minimum absolute atomic E-state index is 0.122. The van der Waals surface area contributed by atoms with Crippen molar-refractivity contribution in [3.8, 4) is 11.5 Å². The smallest absolute Gasteiger partial charge is 0.129 e. The highest BCUT2D eigenvalue weighted by Crippen LogP contribution is 2.24. The van der Waals surface area contributed by atoms with Gasteiger partial charge in [-0.25, -0.2) is 4.39 Å². The normalized spacial score (nSPS) is 10.1. The number of methoxy groups -OCH3 is 1. The fraction of sp³-hybridized carbons (Fsp3) is 0.133. The summed E-state index contributed by atoms with van der Waals surface area (Å²) in [6.45, 7) is 0.122. The fourth-order valence-electron chi connectivity index (χ4n) is 1.69. The molecule has 0 spiro atoms. The van der Waals surface area contributed by atoms with E-state index >= 15 is 0 Å². The maximum Gasteiger partial charge on any atom is 0.129 e. The molecule has 0 unspecified atom stereocenters. The van der Waals surface area contributed by atoms with E-state index in [1.165, 1.54) is 6.07 Å². The Morgan fingerprint density at radius 1 is 1.20 bits per heavy atom. The van der Waals surface area contributed by atoms with E-state index in [4.69, 9.17) is 27.4 Å². The van der Waals surface area contributed by atoms with Crippen LogP contribution in [0.2, 0.25) is 0 Å². The highest BCUT2D eigenvalue weighted by Gasteiger charge is 2.06. The quantitative estimate of drug-likeness (QED) is 0.860. The van der Waals surface area contributed by atoms with Gasteiger partial charge in [-0.05, 0) is 18.2 Å². The highest BCUT2D eigenvalue weighted by atomic mass is 32.1. The lowest BCUT2D eigenvalue weighted by Gasteiger charge is -2.10. The van der Waals surface area contributed by atoms with E-state index in [9.17, 15) is 4.39 Å². The Balaban J connectivity index is 2.19. The Morgan fingerprint density at radius 2 is 1.90 bits per heavy atom. The van der Waals surface area contributed by atoms with Crippen molar-refractivity contribution in [3.63, 3.8) is 0 Å². The van der Waals surface area contributed by atoms with Crippen molar-refractivity contribution in [1.29, 1.82) is 0 Å². The van der Waals surface area contributed by atoms with Crippen LogP contribution in [0, 0.1) is 5.82 Å². The van der Waals surface area contributed by atoms with Gasteiger partial charge >= 0.3 is 0 Å². The van der Waals surface area contributed by atoms with Crippen LogP contribution >= 0.6 is 12.2 Å². The van der Waals surface area contributed by atoms with E-state index in [1.54, 1.807) is 43.5 Å². The summed E-state index contributed by atoms with van der Waals surface area (Å²) in [6, 6.07) is 11.6. The van der Waals surface area contributed by atoms with Gasteiger partial charge in [0.1, 0.15) is 28.9 Å². The number of benzene rings is 2. The van der Waals surface area contributed by atoms with Crippen molar-refractivity contribution in [2.75, 3.05) is 7.11 Å². The van der Waals surface area contributed by atoms with Crippen LogP contribution in [-0.4, -0.2) is 12.1 Å². The number of hydrogen-bond donors (Lipinski definition) is 1. The Kier molecular flexibility index (Phi) is 4.53. The zero-order valence-electron chi connectivity index (χ0n) is 10.9. The molecule has 0 amide bonds. The van der Waals surface area contributed by atoms with Gasteiger partial charge in [-0.15, -0.1) is 0 Å². The van der Waals surface area contributed by atoms with E-state index in [2.05, 4.69) is 0 Å². The van der Waals surface area contributed by atoms with Crippen LogP contribution in [0.1, 0.15) is 11.1 Å². The third kappa shape index (κ3) is 3.45. The van der Waals surface area contributed by atoms with E-state index in [0.717, 1.165) is 0 Å². The van der Waals surface area contributed by atoms with E-state index in [0.29, 0.717) is 22.6 Å². The third-order valence-electron chi connectivity index (χ3n) is 2.75. The van der Waals surface area contributed by atoms with E-state index in [-0.39, 0.29) is 17.4 Å². The summed E-state index contributed by atoms with van der Waals surface area (Å²) in [5.74, 6) is 0.805. The Hall–Kier alpha value is -2.14. The topological polar surface area (TPSA) is 44.5 Å². The summed E-state index contributed by atoms with van der Waals surface area (Å²) in [5, 5.41) is 0. The van der Waals surface area contributed by atoms with Gasteiger partial charge in [0.2, 0.25) is 0 Å². The number of nitrogens with two attached hydrogens (primary N) is 1. The molecule has 3 nitrogen and oxygen atoms in total. The summed E-state index contributed by atoms with van der Waals surface area (Å²) in [7, 11) is 1.54.